The Bertz CT molecular complexity index is 399. The van der Waals surface area contributed by atoms with Crippen LogP contribution >= 0.6 is 0 Å². The summed E-state index contributed by atoms with van der Waals surface area (Å²) in [5.74, 6) is -2.13. The van der Waals surface area contributed by atoms with Gasteiger partial charge in [0, 0.05) is 6.07 Å². The van der Waals surface area contributed by atoms with Crippen molar-refractivity contribution in [3.05, 3.63) is 34.1 Å². The van der Waals surface area contributed by atoms with Gasteiger partial charge < -0.3 is 0 Å². The van der Waals surface area contributed by atoms with Gasteiger partial charge in [-0.15, -0.1) is 0 Å². The molecule has 1 aromatic rings. The fourth-order valence-corrected chi connectivity index (χ4v) is 0.774. The summed E-state index contributed by atoms with van der Waals surface area (Å²) in [6.07, 6.45) is -4.43. The second-order valence-corrected chi connectivity index (χ2v) is 2.49. The van der Waals surface area contributed by atoms with Crippen LogP contribution in [-0.2, 0) is 0 Å². The van der Waals surface area contributed by atoms with E-state index in [0.29, 0.717) is 12.3 Å². The Morgan fingerprint density at radius 3 is 2.33 bits per heavy atom. The van der Waals surface area contributed by atoms with Crippen LogP contribution < -0.4 is 0 Å². The topological polar surface area (TPSA) is 73.1 Å². The SMILES string of the molecule is O=C(c1ccc([N+](=O)[O-])cn1)C(F)(F)F. The van der Waals surface area contributed by atoms with Crippen molar-refractivity contribution in [1.82, 2.24) is 4.98 Å². The van der Waals surface area contributed by atoms with Crippen molar-refractivity contribution in [2.45, 2.75) is 6.18 Å². The third kappa shape index (κ3) is 2.48. The Labute approximate surface area is 80.7 Å². The molecule has 0 unspecified atom stereocenters. The van der Waals surface area contributed by atoms with Crippen LogP contribution in [0.1, 0.15) is 10.5 Å². The number of nitrogens with zero attached hydrogens (tertiary/aromatic N) is 2. The molecule has 0 fully saturated rings. The Morgan fingerprint density at radius 1 is 1.40 bits per heavy atom. The number of pyridine rings is 1. The number of ketones is 1. The number of Topliss-reactive ketones (excluding diaryl/α,β-unsaturated/α-hetero) is 1. The molecule has 0 N–H and O–H groups in total. The number of alkyl halides is 3. The molecule has 1 heterocycles. The highest BCUT2D eigenvalue weighted by molar-refractivity contribution is 5.98. The van der Waals surface area contributed by atoms with E-state index in [2.05, 4.69) is 4.98 Å². The summed E-state index contributed by atoms with van der Waals surface area (Å²) in [5, 5.41) is 10.1. The normalized spacial score (nSPS) is 11.1. The average Bonchev–Trinajstić information content (AvgIpc) is 2.15. The summed E-state index contributed by atoms with van der Waals surface area (Å²) in [6, 6.07) is 1.44. The van der Waals surface area contributed by atoms with E-state index < -0.39 is 28.3 Å². The smallest absolute Gasteiger partial charge is 0.282 e. The molecule has 0 amide bonds. The highest BCUT2D eigenvalue weighted by atomic mass is 19.4. The molecule has 15 heavy (non-hydrogen) atoms. The monoisotopic (exact) mass is 220 g/mol. The Hall–Kier alpha value is -1.99. The molecule has 0 aliphatic heterocycles. The maximum absolute atomic E-state index is 11.9. The first-order chi connectivity index (χ1) is 6.82. The molecular weight excluding hydrogens is 217 g/mol. The number of carbonyl (C=O) groups excluding carboxylic acids is 1. The zero-order chi connectivity index (χ0) is 11.6. The molecular formula is C7H3F3N2O3. The number of carbonyl (C=O) groups is 1. The molecule has 0 bridgehead atoms. The van der Waals surface area contributed by atoms with Crippen LogP contribution in [0.25, 0.3) is 0 Å². The third-order valence-electron chi connectivity index (χ3n) is 1.45. The van der Waals surface area contributed by atoms with Crippen LogP contribution in [0.3, 0.4) is 0 Å². The number of hydrogen-bond donors (Lipinski definition) is 0. The van der Waals surface area contributed by atoms with Crippen LogP contribution in [0, 0.1) is 10.1 Å². The largest absolute Gasteiger partial charge is 0.456 e. The molecule has 0 radical (unpaired) electrons. The minimum absolute atomic E-state index is 0.478. The zero-order valence-electron chi connectivity index (χ0n) is 6.99. The van der Waals surface area contributed by atoms with Gasteiger partial charge >= 0.3 is 6.18 Å². The van der Waals surface area contributed by atoms with Crippen LogP contribution in [-0.4, -0.2) is 21.9 Å². The summed E-state index contributed by atoms with van der Waals surface area (Å²) >= 11 is 0. The second-order valence-electron chi connectivity index (χ2n) is 2.49. The van der Waals surface area contributed by atoms with Crippen molar-refractivity contribution >= 4 is 11.5 Å². The number of hydrogen-bond acceptors (Lipinski definition) is 4. The molecule has 0 spiro atoms. The predicted octanol–water partition coefficient (Wildman–Crippen LogP) is 1.73. The van der Waals surface area contributed by atoms with Crippen molar-refractivity contribution < 1.29 is 22.9 Å². The van der Waals surface area contributed by atoms with Crippen molar-refractivity contribution in [2.75, 3.05) is 0 Å². The summed E-state index contributed by atoms with van der Waals surface area (Å²) in [5.41, 5.74) is -1.35. The number of aromatic nitrogens is 1. The van der Waals surface area contributed by atoms with Crippen molar-refractivity contribution in [1.29, 1.82) is 0 Å². The number of rotatable bonds is 2. The molecule has 0 atom stereocenters. The number of nitro groups is 1. The van der Waals surface area contributed by atoms with Crippen LogP contribution in [0.2, 0.25) is 0 Å². The quantitative estimate of drug-likeness (QED) is 0.432. The minimum Gasteiger partial charge on any atom is -0.282 e. The molecule has 5 nitrogen and oxygen atoms in total. The van der Waals surface area contributed by atoms with Gasteiger partial charge in [0.2, 0.25) is 0 Å². The number of halogens is 3. The fraction of sp³-hybridized carbons (Fsp3) is 0.143. The Balaban J connectivity index is 3.00. The standard InChI is InChI=1S/C7H3F3N2O3/c8-7(9,10)6(13)5-2-1-4(3-11-5)12(14)15/h1-3H. The maximum atomic E-state index is 11.9. The highest BCUT2D eigenvalue weighted by Crippen LogP contribution is 2.21. The highest BCUT2D eigenvalue weighted by Gasteiger charge is 2.40. The predicted molar refractivity (Wildman–Crippen MR) is 41.3 cm³/mol. The molecule has 0 aliphatic rings. The second kappa shape index (κ2) is 3.64. The van der Waals surface area contributed by atoms with Gasteiger partial charge in [0.1, 0.15) is 11.9 Å². The van der Waals surface area contributed by atoms with Crippen molar-refractivity contribution in [3.8, 4) is 0 Å². The maximum Gasteiger partial charge on any atom is 0.456 e. The van der Waals surface area contributed by atoms with E-state index in [1.165, 1.54) is 0 Å². The molecule has 1 aromatic heterocycles. The molecule has 1 rings (SSSR count). The van der Waals surface area contributed by atoms with Gasteiger partial charge in [-0.05, 0) is 6.07 Å². The summed E-state index contributed by atoms with van der Waals surface area (Å²) < 4.78 is 35.6. The fourth-order valence-electron chi connectivity index (χ4n) is 0.774. The van der Waals surface area contributed by atoms with Gasteiger partial charge in [0.25, 0.3) is 11.5 Å². The van der Waals surface area contributed by atoms with Gasteiger partial charge in [0.05, 0.1) is 4.92 Å². The van der Waals surface area contributed by atoms with Gasteiger partial charge in [-0.3, -0.25) is 14.9 Å². The first kappa shape index (κ1) is 11.1. The van der Waals surface area contributed by atoms with E-state index in [9.17, 15) is 28.1 Å². The van der Waals surface area contributed by atoms with E-state index in [0.717, 1.165) is 6.07 Å². The molecule has 80 valence electrons. The van der Waals surface area contributed by atoms with Crippen LogP contribution in [0.4, 0.5) is 18.9 Å². The van der Waals surface area contributed by atoms with Gasteiger partial charge in [-0.1, -0.05) is 0 Å². The molecule has 0 saturated carbocycles. The first-order valence-corrected chi connectivity index (χ1v) is 3.54. The van der Waals surface area contributed by atoms with Gasteiger partial charge in [-0.2, -0.15) is 13.2 Å². The molecule has 0 aliphatic carbocycles. The Kier molecular flexibility index (Phi) is 2.69. The lowest BCUT2D eigenvalue weighted by molar-refractivity contribution is -0.385. The first-order valence-electron chi connectivity index (χ1n) is 3.54. The van der Waals surface area contributed by atoms with Gasteiger partial charge in [0.15, 0.2) is 0 Å². The van der Waals surface area contributed by atoms with E-state index >= 15 is 0 Å². The summed E-state index contributed by atoms with van der Waals surface area (Å²) in [6.45, 7) is 0. The lowest BCUT2D eigenvalue weighted by atomic mass is 10.2. The lowest BCUT2D eigenvalue weighted by Crippen LogP contribution is -2.23. The average molecular weight is 220 g/mol. The molecule has 8 heteroatoms. The van der Waals surface area contributed by atoms with Gasteiger partial charge in [-0.25, -0.2) is 4.98 Å². The molecule has 0 aromatic carbocycles. The lowest BCUT2D eigenvalue weighted by Gasteiger charge is -2.02. The summed E-state index contributed by atoms with van der Waals surface area (Å²) in [7, 11) is 0. The summed E-state index contributed by atoms with van der Waals surface area (Å²) in [4.78, 5) is 23.0. The van der Waals surface area contributed by atoms with Crippen LogP contribution in [0.15, 0.2) is 18.3 Å². The Morgan fingerprint density at radius 2 is 2.00 bits per heavy atom. The zero-order valence-corrected chi connectivity index (χ0v) is 6.99. The van der Waals surface area contributed by atoms with Crippen molar-refractivity contribution in [3.63, 3.8) is 0 Å². The van der Waals surface area contributed by atoms with Crippen LogP contribution in [0.5, 0.6) is 0 Å². The van der Waals surface area contributed by atoms with E-state index in [1.807, 2.05) is 0 Å². The van der Waals surface area contributed by atoms with Crippen molar-refractivity contribution in [2.24, 2.45) is 0 Å². The van der Waals surface area contributed by atoms with E-state index in [4.69, 9.17) is 0 Å². The van der Waals surface area contributed by atoms with E-state index in [1.54, 1.807) is 0 Å². The third-order valence-corrected chi connectivity index (χ3v) is 1.45. The molecule has 0 saturated heterocycles. The van der Waals surface area contributed by atoms with E-state index in [-0.39, 0.29) is 0 Å². The minimum atomic E-state index is -5.02.